The SMILES string of the molecule is CC(N)CC(=O)N1CCC(NC(=O)Nc2ccccc2)CC1. The maximum absolute atomic E-state index is 11.9. The van der Waals surface area contributed by atoms with Crippen LogP contribution in [0.4, 0.5) is 10.5 Å². The molecular formula is C16H24N4O2. The molecule has 6 heteroatoms. The third-order valence-electron chi connectivity index (χ3n) is 3.71. The van der Waals surface area contributed by atoms with Crippen molar-refractivity contribution in [3.8, 4) is 0 Å². The van der Waals surface area contributed by atoms with Crippen molar-refractivity contribution in [1.29, 1.82) is 0 Å². The summed E-state index contributed by atoms with van der Waals surface area (Å²) in [6.07, 6.45) is 1.92. The van der Waals surface area contributed by atoms with Crippen molar-refractivity contribution in [2.45, 2.75) is 38.3 Å². The molecule has 1 atom stereocenters. The highest BCUT2D eigenvalue weighted by Gasteiger charge is 2.24. The summed E-state index contributed by atoms with van der Waals surface area (Å²) < 4.78 is 0. The Labute approximate surface area is 131 Å². The van der Waals surface area contributed by atoms with Crippen LogP contribution in [-0.4, -0.2) is 42.0 Å². The average Bonchev–Trinajstić information content (AvgIpc) is 2.48. The van der Waals surface area contributed by atoms with E-state index in [-0.39, 0.29) is 24.0 Å². The summed E-state index contributed by atoms with van der Waals surface area (Å²) in [6, 6.07) is 9.12. The Morgan fingerprint density at radius 2 is 1.91 bits per heavy atom. The van der Waals surface area contributed by atoms with E-state index >= 15 is 0 Å². The van der Waals surface area contributed by atoms with Gasteiger partial charge in [0.25, 0.3) is 0 Å². The molecule has 2 rings (SSSR count). The van der Waals surface area contributed by atoms with Crippen LogP contribution in [-0.2, 0) is 4.79 Å². The maximum atomic E-state index is 11.9. The minimum absolute atomic E-state index is 0.0992. The van der Waals surface area contributed by atoms with Gasteiger partial charge in [0.1, 0.15) is 0 Å². The van der Waals surface area contributed by atoms with Crippen LogP contribution in [0.2, 0.25) is 0 Å². The Morgan fingerprint density at radius 1 is 1.27 bits per heavy atom. The molecule has 1 aliphatic heterocycles. The van der Waals surface area contributed by atoms with Crippen molar-refractivity contribution in [3.63, 3.8) is 0 Å². The molecule has 4 N–H and O–H groups in total. The van der Waals surface area contributed by atoms with Crippen LogP contribution in [0.3, 0.4) is 0 Å². The minimum Gasteiger partial charge on any atom is -0.342 e. The number of nitrogens with zero attached hydrogens (tertiary/aromatic N) is 1. The van der Waals surface area contributed by atoms with E-state index in [9.17, 15) is 9.59 Å². The van der Waals surface area contributed by atoms with Crippen molar-refractivity contribution >= 4 is 17.6 Å². The molecule has 0 bridgehead atoms. The monoisotopic (exact) mass is 304 g/mol. The lowest BCUT2D eigenvalue weighted by Crippen LogP contribution is -2.48. The Bertz CT molecular complexity index is 496. The molecule has 1 aromatic rings. The van der Waals surface area contributed by atoms with E-state index in [4.69, 9.17) is 5.73 Å². The zero-order valence-corrected chi connectivity index (χ0v) is 12.9. The van der Waals surface area contributed by atoms with E-state index in [1.54, 1.807) is 0 Å². The highest BCUT2D eigenvalue weighted by molar-refractivity contribution is 5.89. The zero-order valence-electron chi connectivity index (χ0n) is 12.9. The molecule has 1 saturated heterocycles. The van der Waals surface area contributed by atoms with E-state index in [0.717, 1.165) is 18.5 Å². The van der Waals surface area contributed by atoms with Crippen LogP contribution < -0.4 is 16.4 Å². The first kappa shape index (κ1) is 16.3. The van der Waals surface area contributed by atoms with Crippen LogP contribution in [0.5, 0.6) is 0 Å². The second kappa shape index (κ2) is 7.79. The molecular weight excluding hydrogens is 280 g/mol. The molecule has 0 aromatic heterocycles. The molecule has 6 nitrogen and oxygen atoms in total. The Balaban J connectivity index is 1.73. The number of nitrogens with one attached hydrogen (secondary N) is 2. The quantitative estimate of drug-likeness (QED) is 0.788. The first-order chi connectivity index (χ1) is 10.5. The molecule has 120 valence electrons. The van der Waals surface area contributed by atoms with E-state index in [2.05, 4.69) is 10.6 Å². The fraction of sp³-hybridized carbons (Fsp3) is 0.500. The Hall–Kier alpha value is -2.08. The number of rotatable bonds is 4. The highest BCUT2D eigenvalue weighted by Crippen LogP contribution is 2.12. The third-order valence-corrected chi connectivity index (χ3v) is 3.71. The lowest BCUT2D eigenvalue weighted by Gasteiger charge is -2.32. The number of benzene rings is 1. The van der Waals surface area contributed by atoms with Gasteiger partial charge < -0.3 is 21.3 Å². The molecule has 1 aromatic carbocycles. The molecule has 1 aliphatic rings. The van der Waals surface area contributed by atoms with Gasteiger partial charge in [-0.05, 0) is 31.9 Å². The van der Waals surface area contributed by atoms with Gasteiger partial charge in [-0.2, -0.15) is 0 Å². The number of carbonyl (C=O) groups is 2. The predicted octanol–water partition coefficient (Wildman–Crippen LogP) is 1.54. The van der Waals surface area contributed by atoms with Gasteiger partial charge in [-0.3, -0.25) is 4.79 Å². The van der Waals surface area contributed by atoms with E-state index < -0.39 is 0 Å². The Kier molecular flexibility index (Phi) is 5.77. The van der Waals surface area contributed by atoms with Gasteiger partial charge in [-0.15, -0.1) is 0 Å². The predicted molar refractivity (Wildman–Crippen MR) is 86.5 cm³/mol. The molecule has 3 amide bonds. The number of urea groups is 1. The van der Waals surface area contributed by atoms with Crippen molar-refractivity contribution < 1.29 is 9.59 Å². The summed E-state index contributed by atoms with van der Waals surface area (Å²) in [5, 5.41) is 5.76. The second-order valence-corrected chi connectivity index (χ2v) is 5.80. The molecule has 0 aliphatic carbocycles. The van der Waals surface area contributed by atoms with Crippen molar-refractivity contribution in [2.75, 3.05) is 18.4 Å². The van der Waals surface area contributed by atoms with Crippen LogP contribution in [0.15, 0.2) is 30.3 Å². The van der Waals surface area contributed by atoms with E-state index in [0.29, 0.717) is 19.5 Å². The van der Waals surface area contributed by atoms with E-state index in [1.165, 1.54) is 0 Å². The lowest BCUT2D eigenvalue weighted by molar-refractivity contribution is -0.132. The third kappa shape index (κ3) is 5.04. The van der Waals surface area contributed by atoms with Gasteiger partial charge in [-0.1, -0.05) is 18.2 Å². The van der Waals surface area contributed by atoms with Gasteiger partial charge >= 0.3 is 6.03 Å². The van der Waals surface area contributed by atoms with Crippen molar-refractivity contribution in [1.82, 2.24) is 10.2 Å². The number of hydrogen-bond acceptors (Lipinski definition) is 3. The second-order valence-electron chi connectivity index (χ2n) is 5.80. The molecule has 1 unspecified atom stereocenters. The molecule has 1 fully saturated rings. The first-order valence-corrected chi connectivity index (χ1v) is 7.70. The molecule has 0 radical (unpaired) electrons. The molecule has 22 heavy (non-hydrogen) atoms. The Morgan fingerprint density at radius 3 is 2.50 bits per heavy atom. The van der Waals surface area contributed by atoms with Crippen LogP contribution in [0.25, 0.3) is 0 Å². The minimum atomic E-state index is -0.202. The fourth-order valence-corrected chi connectivity index (χ4v) is 2.55. The average molecular weight is 304 g/mol. The summed E-state index contributed by atoms with van der Waals surface area (Å²) in [6.45, 7) is 3.17. The number of anilines is 1. The number of hydrogen-bond donors (Lipinski definition) is 3. The van der Waals surface area contributed by atoms with Gasteiger partial charge in [0.2, 0.25) is 5.91 Å². The van der Waals surface area contributed by atoms with Crippen LogP contribution in [0.1, 0.15) is 26.2 Å². The first-order valence-electron chi connectivity index (χ1n) is 7.70. The van der Waals surface area contributed by atoms with Gasteiger partial charge in [0, 0.05) is 37.3 Å². The van der Waals surface area contributed by atoms with Crippen molar-refractivity contribution in [2.24, 2.45) is 5.73 Å². The number of amides is 3. The number of likely N-dealkylation sites (tertiary alicyclic amines) is 1. The smallest absolute Gasteiger partial charge is 0.319 e. The number of piperidine rings is 1. The summed E-state index contributed by atoms with van der Waals surface area (Å²) in [5.74, 6) is 0.0992. The van der Waals surface area contributed by atoms with Gasteiger partial charge in [0.15, 0.2) is 0 Å². The summed E-state index contributed by atoms with van der Waals surface area (Å²) in [5.41, 5.74) is 6.42. The largest absolute Gasteiger partial charge is 0.342 e. The molecule has 0 spiro atoms. The summed E-state index contributed by atoms with van der Waals surface area (Å²) >= 11 is 0. The standard InChI is InChI=1S/C16H24N4O2/c1-12(17)11-15(21)20-9-7-14(8-10-20)19-16(22)18-13-5-3-2-4-6-13/h2-6,12,14H,7-11,17H2,1H3,(H2,18,19,22). The fourth-order valence-electron chi connectivity index (χ4n) is 2.55. The summed E-state index contributed by atoms with van der Waals surface area (Å²) in [4.78, 5) is 25.7. The number of para-hydroxylation sites is 1. The summed E-state index contributed by atoms with van der Waals surface area (Å²) in [7, 11) is 0. The molecule has 0 saturated carbocycles. The molecule has 1 heterocycles. The zero-order chi connectivity index (χ0) is 15.9. The number of nitrogens with two attached hydrogens (primary N) is 1. The van der Waals surface area contributed by atoms with Crippen LogP contribution >= 0.6 is 0 Å². The topological polar surface area (TPSA) is 87.5 Å². The van der Waals surface area contributed by atoms with E-state index in [1.807, 2.05) is 42.2 Å². The van der Waals surface area contributed by atoms with Gasteiger partial charge in [-0.25, -0.2) is 4.79 Å². The van der Waals surface area contributed by atoms with Crippen LogP contribution in [0, 0.1) is 0 Å². The maximum Gasteiger partial charge on any atom is 0.319 e. The van der Waals surface area contributed by atoms with Gasteiger partial charge in [0.05, 0.1) is 0 Å². The normalized spacial score (nSPS) is 16.9. The number of carbonyl (C=O) groups excluding carboxylic acids is 2. The van der Waals surface area contributed by atoms with Crippen molar-refractivity contribution in [3.05, 3.63) is 30.3 Å². The highest BCUT2D eigenvalue weighted by atomic mass is 16.2. The lowest BCUT2D eigenvalue weighted by atomic mass is 10.0.